The number of aromatic nitrogens is 1. The van der Waals surface area contributed by atoms with Crippen molar-refractivity contribution in [2.45, 2.75) is 25.8 Å². The molecule has 0 saturated heterocycles. The van der Waals surface area contributed by atoms with Crippen LogP contribution in [0, 0.1) is 0 Å². The molecule has 4 heteroatoms. The predicted octanol–water partition coefficient (Wildman–Crippen LogP) is 1.63. The van der Waals surface area contributed by atoms with Gasteiger partial charge in [-0.05, 0) is 38.4 Å². The van der Waals surface area contributed by atoms with E-state index in [0.717, 1.165) is 31.0 Å². The zero-order valence-corrected chi connectivity index (χ0v) is 9.36. The van der Waals surface area contributed by atoms with E-state index < -0.39 is 0 Å². The van der Waals surface area contributed by atoms with E-state index in [1.165, 1.54) is 0 Å². The Labute approximate surface area is 90.8 Å². The van der Waals surface area contributed by atoms with Crippen molar-refractivity contribution in [3.8, 4) is 5.75 Å². The number of nitrogens with two attached hydrogens (primary N) is 1. The molecule has 1 heterocycles. The maximum absolute atomic E-state index is 5.45. The SMILES string of the molecule is COc1ccc(NC(C)CCCN)nc1. The summed E-state index contributed by atoms with van der Waals surface area (Å²) in [5.41, 5.74) is 5.45. The van der Waals surface area contributed by atoms with E-state index in [1.54, 1.807) is 13.3 Å². The standard InChI is InChI=1S/C11H19N3O/c1-9(4-3-7-12)14-11-6-5-10(15-2)8-13-11/h5-6,8-9H,3-4,7,12H2,1-2H3,(H,13,14). The molecule has 84 valence electrons. The second kappa shape index (κ2) is 6.24. The van der Waals surface area contributed by atoms with Crippen LogP contribution in [0.1, 0.15) is 19.8 Å². The molecule has 1 unspecified atom stereocenters. The number of rotatable bonds is 6. The smallest absolute Gasteiger partial charge is 0.137 e. The molecule has 3 N–H and O–H groups in total. The van der Waals surface area contributed by atoms with E-state index in [-0.39, 0.29) is 0 Å². The maximum Gasteiger partial charge on any atom is 0.137 e. The van der Waals surface area contributed by atoms with Gasteiger partial charge in [0.15, 0.2) is 0 Å². The minimum atomic E-state index is 0.398. The molecule has 0 amide bonds. The minimum absolute atomic E-state index is 0.398. The van der Waals surface area contributed by atoms with E-state index in [0.29, 0.717) is 6.04 Å². The average Bonchev–Trinajstić information content (AvgIpc) is 2.27. The van der Waals surface area contributed by atoms with Crippen molar-refractivity contribution in [3.05, 3.63) is 18.3 Å². The fourth-order valence-electron chi connectivity index (χ4n) is 1.34. The molecule has 0 spiro atoms. The Bertz CT molecular complexity index is 274. The third kappa shape index (κ3) is 4.16. The Balaban J connectivity index is 2.42. The van der Waals surface area contributed by atoms with Crippen LogP contribution in [0.2, 0.25) is 0 Å². The van der Waals surface area contributed by atoms with Crippen molar-refractivity contribution in [2.75, 3.05) is 19.0 Å². The molecule has 1 aromatic rings. The number of ether oxygens (including phenoxy) is 1. The quantitative estimate of drug-likeness (QED) is 0.747. The number of pyridine rings is 1. The summed E-state index contributed by atoms with van der Waals surface area (Å²) >= 11 is 0. The van der Waals surface area contributed by atoms with Crippen LogP contribution < -0.4 is 15.8 Å². The van der Waals surface area contributed by atoms with Crippen molar-refractivity contribution in [3.63, 3.8) is 0 Å². The molecule has 0 bridgehead atoms. The van der Waals surface area contributed by atoms with Crippen LogP contribution in [0.4, 0.5) is 5.82 Å². The number of methoxy groups -OCH3 is 1. The molecule has 1 atom stereocenters. The highest BCUT2D eigenvalue weighted by atomic mass is 16.5. The fraction of sp³-hybridized carbons (Fsp3) is 0.545. The zero-order valence-electron chi connectivity index (χ0n) is 9.36. The van der Waals surface area contributed by atoms with Crippen molar-refractivity contribution in [2.24, 2.45) is 5.73 Å². The Morgan fingerprint density at radius 3 is 2.87 bits per heavy atom. The topological polar surface area (TPSA) is 60.2 Å². The molecule has 0 saturated carbocycles. The van der Waals surface area contributed by atoms with Gasteiger partial charge in [-0.3, -0.25) is 0 Å². The van der Waals surface area contributed by atoms with Gasteiger partial charge >= 0.3 is 0 Å². The first-order valence-corrected chi connectivity index (χ1v) is 5.23. The number of anilines is 1. The van der Waals surface area contributed by atoms with Crippen molar-refractivity contribution >= 4 is 5.82 Å². The first kappa shape index (κ1) is 11.8. The van der Waals surface area contributed by atoms with E-state index in [4.69, 9.17) is 10.5 Å². The van der Waals surface area contributed by atoms with E-state index in [2.05, 4.69) is 17.2 Å². The zero-order chi connectivity index (χ0) is 11.1. The summed E-state index contributed by atoms with van der Waals surface area (Å²) in [4.78, 5) is 4.23. The second-order valence-corrected chi connectivity index (χ2v) is 3.56. The Morgan fingerprint density at radius 1 is 1.53 bits per heavy atom. The van der Waals surface area contributed by atoms with Gasteiger partial charge in [-0.25, -0.2) is 4.98 Å². The van der Waals surface area contributed by atoms with Crippen LogP contribution in [0.5, 0.6) is 5.75 Å². The molecular weight excluding hydrogens is 190 g/mol. The largest absolute Gasteiger partial charge is 0.495 e. The van der Waals surface area contributed by atoms with Crippen LogP contribution in [-0.4, -0.2) is 24.7 Å². The molecule has 0 aliphatic rings. The van der Waals surface area contributed by atoms with Crippen LogP contribution in [0.3, 0.4) is 0 Å². The van der Waals surface area contributed by atoms with Crippen molar-refractivity contribution in [1.29, 1.82) is 0 Å². The monoisotopic (exact) mass is 209 g/mol. The van der Waals surface area contributed by atoms with Crippen LogP contribution in [-0.2, 0) is 0 Å². The molecule has 1 aromatic heterocycles. The predicted molar refractivity (Wildman–Crippen MR) is 62.2 cm³/mol. The minimum Gasteiger partial charge on any atom is -0.495 e. The molecule has 0 fully saturated rings. The molecule has 15 heavy (non-hydrogen) atoms. The summed E-state index contributed by atoms with van der Waals surface area (Å²) in [5, 5.41) is 3.31. The van der Waals surface area contributed by atoms with Gasteiger partial charge in [-0.1, -0.05) is 0 Å². The number of nitrogens with zero attached hydrogens (tertiary/aromatic N) is 1. The normalized spacial score (nSPS) is 12.2. The number of hydrogen-bond donors (Lipinski definition) is 2. The first-order chi connectivity index (χ1) is 7.26. The summed E-state index contributed by atoms with van der Waals surface area (Å²) < 4.78 is 5.03. The summed E-state index contributed by atoms with van der Waals surface area (Å²) in [6, 6.07) is 4.21. The van der Waals surface area contributed by atoms with Gasteiger partial charge in [0.2, 0.25) is 0 Å². The Hall–Kier alpha value is -1.29. The molecule has 0 aromatic carbocycles. The van der Waals surface area contributed by atoms with Gasteiger partial charge in [0.25, 0.3) is 0 Å². The molecule has 0 aliphatic heterocycles. The van der Waals surface area contributed by atoms with Gasteiger partial charge < -0.3 is 15.8 Å². The second-order valence-electron chi connectivity index (χ2n) is 3.56. The average molecular weight is 209 g/mol. The van der Waals surface area contributed by atoms with E-state index in [9.17, 15) is 0 Å². The van der Waals surface area contributed by atoms with Crippen molar-refractivity contribution < 1.29 is 4.74 Å². The third-order valence-electron chi connectivity index (χ3n) is 2.21. The van der Waals surface area contributed by atoms with Gasteiger partial charge in [0, 0.05) is 6.04 Å². The lowest BCUT2D eigenvalue weighted by molar-refractivity contribution is 0.413. The summed E-state index contributed by atoms with van der Waals surface area (Å²) in [6.07, 6.45) is 3.80. The van der Waals surface area contributed by atoms with E-state index >= 15 is 0 Å². The summed E-state index contributed by atoms with van der Waals surface area (Å²) in [5.74, 6) is 1.65. The van der Waals surface area contributed by atoms with Crippen LogP contribution in [0.25, 0.3) is 0 Å². The molecule has 0 aliphatic carbocycles. The number of hydrogen-bond acceptors (Lipinski definition) is 4. The number of nitrogens with one attached hydrogen (secondary N) is 1. The lowest BCUT2D eigenvalue weighted by Crippen LogP contribution is -2.17. The fourth-order valence-corrected chi connectivity index (χ4v) is 1.34. The summed E-state index contributed by atoms with van der Waals surface area (Å²) in [7, 11) is 1.63. The first-order valence-electron chi connectivity index (χ1n) is 5.23. The van der Waals surface area contributed by atoms with Gasteiger partial charge in [0.05, 0.1) is 13.3 Å². The lowest BCUT2D eigenvalue weighted by Gasteiger charge is -2.13. The van der Waals surface area contributed by atoms with Crippen molar-refractivity contribution in [1.82, 2.24) is 4.98 Å². The highest BCUT2D eigenvalue weighted by molar-refractivity contribution is 5.38. The third-order valence-corrected chi connectivity index (χ3v) is 2.21. The van der Waals surface area contributed by atoms with Crippen LogP contribution in [0.15, 0.2) is 18.3 Å². The summed E-state index contributed by atoms with van der Waals surface area (Å²) in [6.45, 7) is 2.86. The molecular formula is C11H19N3O. The highest BCUT2D eigenvalue weighted by Crippen LogP contribution is 2.12. The van der Waals surface area contributed by atoms with Gasteiger partial charge in [-0.2, -0.15) is 0 Å². The van der Waals surface area contributed by atoms with E-state index in [1.807, 2.05) is 12.1 Å². The maximum atomic E-state index is 5.45. The molecule has 1 rings (SSSR count). The Morgan fingerprint density at radius 2 is 2.33 bits per heavy atom. The lowest BCUT2D eigenvalue weighted by atomic mass is 10.2. The van der Waals surface area contributed by atoms with Gasteiger partial charge in [-0.15, -0.1) is 0 Å². The Kier molecular flexibility index (Phi) is 4.90. The van der Waals surface area contributed by atoms with Gasteiger partial charge in [0.1, 0.15) is 11.6 Å². The highest BCUT2D eigenvalue weighted by Gasteiger charge is 2.02. The molecule has 0 radical (unpaired) electrons. The van der Waals surface area contributed by atoms with Crippen LogP contribution >= 0.6 is 0 Å². The molecule has 4 nitrogen and oxygen atoms in total.